The number of benzene rings is 1. The predicted octanol–water partition coefficient (Wildman–Crippen LogP) is 2.07. The fraction of sp³-hybridized carbons (Fsp3) is 0.562. The number of hydrogen-bond acceptors (Lipinski definition) is 3. The fourth-order valence-corrected chi connectivity index (χ4v) is 1.62. The maximum Gasteiger partial charge on any atom is 0.257 e. The van der Waals surface area contributed by atoms with Crippen LogP contribution in [0.3, 0.4) is 0 Å². The van der Waals surface area contributed by atoms with Crippen LogP contribution in [0.2, 0.25) is 0 Å². The van der Waals surface area contributed by atoms with Crippen molar-refractivity contribution < 1.29 is 9.53 Å². The van der Waals surface area contributed by atoms with Crippen molar-refractivity contribution in [1.82, 2.24) is 5.32 Å². The molecule has 0 bridgehead atoms. The van der Waals surface area contributed by atoms with E-state index in [0.717, 1.165) is 0 Å². The standard InChI is InChI=1S/C16H26N2O2/c1-12(9-17)10-18-15(19)11-20-14-7-5-13(6-8-14)16(2,3)4/h5-8,12H,9-11,17H2,1-4H3,(H,18,19). The van der Waals surface area contributed by atoms with E-state index in [9.17, 15) is 4.79 Å². The van der Waals surface area contributed by atoms with Gasteiger partial charge in [0.2, 0.25) is 0 Å². The van der Waals surface area contributed by atoms with Gasteiger partial charge in [0, 0.05) is 6.54 Å². The second-order valence-electron chi connectivity index (χ2n) is 6.21. The molecule has 0 spiro atoms. The van der Waals surface area contributed by atoms with Gasteiger partial charge in [0.25, 0.3) is 5.91 Å². The molecule has 1 unspecified atom stereocenters. The molecule has 0 aliphatic carbocycles. The summed E-state index contributed by atoms with van der Waals surface area (Å²) in [6, 6.07) is 7.86. The monoisotopic (exact) mass is 278 g/mol. The highest BCUT2D eigenvalue weighted by atomic mass is 16.5. The molecule has 1 rings (SSSR count). The van der Waals surface area contributed by atoms with Gasteiger partial charge in [0.15, 0.2) is 6.61 Å². The summed E-state index contributed by atoms with van der Waals surface area (Å²) >= 11 is 0. The number of amides is 1. The average molecular weight is 278 g/mol. The van der Waals surface area contributed by atoms with Crippen molar-refractivity contribution in [1.29, 1.82) is 0 Å². The molecule has 1 aromatic carbocycles. The van der Waals surface area contributed by atoms with E-state index in [0.29, 0.717) is 18.8 Å². The van der Waals surface area contributed by atoms with Gasteiger partial charge in [-0.3, -0.25) is 4.79 Å². The zero-order valence-electron chi connectivity index (χ0n) is 12.9. The molecule has 0 saturated carbocycles. The second-order valence-corrected chi connectivity index (χ2v) is 6.21. The Balaban J connectivity index is 2.40. The van der Waals surface area contributed by atoms with Crippen LogP contribution in [-0.4, -0.2) is 25.6 Å². The molecule has 4 heteroatoms. The lowest BCUT2D eigenvalue weighted by molar-refractivity contribution is -0.123. The third-order valence-corrected chi connectivity index (χ3v) is 3.14. The quantitative estimate of drug-likeness (QED) is 0.837. The molecule has 0 saturated heterocycles. The molecule has 1 aromatic rings. The first kappa shape index (κ1) is 16.5. The molecule has 0 heterocycles. The molecule has 0 aromatic heterocycles. The van der Waals surface area contributed by atoms with Gasteiger partial charge in [0.05, 0.1) is 0 Å². The van der Waals surface area contributed by atoms with Gasteiger partial charge < -0.3 is 15.8 Å². The van der Waals surface area contributed by atoms with Crippen LogP contribution >= 0.6 is 0 Å². The number of carbonyl (C=O) groups is 1. The van der Waals surface area contributed by atoms with E-state index in [-0.39, 0.29) is 23.8 Å². The van der Waals surface area contributed by atoms with Gasteiger partial charge in [0.1, 0.15) is 5.75 Å². The summed E-state index contributed by atoms with van der Waals surface area (Å²) in [5.74, 6) is 0.871. The van der Waals surface area contributed by atoms with Gasteiger partial charge in [-0.25, -0.2) is 0 Å². The van der Waals surface area contributed by atoms with Crippen LogP contribution in [0.15, 0.2) is 24.3 Å². The van der Waals surface area contributed by atoms with Crippen LogP contribution in [0.25, 0.3) is 0 Å². The highest BCUT2D eigenvalue weighted by Gasteiger charge is 2.13. The number of carbonyl (C=O) groups excluding carboxylic acids is 1. The Morgan fingerprint density at radius 3 is 2.40 bits per heavy atom. The van der Waals surface area contributed by atoms with Crippen molar-refractivity contribution >= 4 is 5.91 Å². The van der Waals surface area contributed by atoms with Crippen molar-refractivity contribution in [2.45, 2.75) is 33.1 Å². The first-order valence-electron chi connectivity index (χ1n) is 7.03. The van der Waals surface area contributed by atoms with Crippen molar-refractivity contribution in [2.24, 2.45) is 11.7 Å². The van der Waals surface area contributed by atoms with E-state index < -0.39 is 0 Å². The molecular formula is C16H26N2O2. The predicted molar refractivity (Wildman–Crippen MR) is 81.9 cm³/mol. The van der Waals surface area contributed by atoms with E-state index in [1.54, 1.807) is 0 Å². The van der Waals surface area contributed by atoms with Crippen molar-refractivity contribution in [2.75, 3.05) is 19.7 Å². The van der Waals surface area contributed by atoms with Gasteiger partial charge in [-0.05, 0) is 35.6 Å². The highest BCUT2D eigenvalue weighted by molar-refractivity contribution is 5.77. The maximum atomic E-state index is 11.6. The maximum absolute atomic E-state index is 11.6. The number of nitrogens with two attached hydrogens (primary N) is 1. The third kappa shape index (κ3) is 5.61. The number of hydrogen-bond donors (Lipinski definition) is 2. The zero-order valence-corrected chi connectivity index (χ0v) is 12.9. The largest absolute Gasteiger partial charge is 0.484 e. The van der Waals surface area contributed by atoms with Crippen LogP contribution in [0, 0.1) is 5.92 Å². The first-order valence-corrected chi connectivity index (χ1v) is 7.03. The van der Waals surface area contributed by atoms with Gasteiger partial charge in [-0.2, -0.15) is 0 Å². The summed E-state index contributed by atoms with van der Waals surface area (Å²) < 4.78 is 5.46. The second kappa shape index (κ2) is 7.29. The average Bonchev–Trinajstić information content (AvgIpc) is 2.41. The molecule has 0 radical (unpaired) electrons. The molecule has 4 nitrogen and oxygen atoms in total. The lowest BCUT2D eigenvalue weighted by Crippen LogP contribution is -2.34. The summed E-state index contributed by atoms with van der Waals surface area (Å²) in [4.78, 5) is 11.6. The summed E-state index contributed by atoms with van der Waals surface area (Å²) in [5.41, 5.74) is 6.85. The van der Waals surface area contributed by atoms with Crippen molar-refractivity contribution in [3.8, 4) is 5.75 Å². The molecule has 1 amide bonds. The first-order chi connectivity index (χ1) is 9.32. The number of rotatable bonds is 6. The van der Waals surface area contributed by atoms with E-state index >= 15 is 0 Å². The molecule has 1 atom stereocenters. The van der Waals surface area contributed by atoms with Gasteiger partial charge in [-0.1, -0.05) is 39.8 Å². The molecule has 112 valence electrons. The van der Waals surface area contributed by atoms with E-state index in [4.69, 9.17) is 10.5 Å². The minimum Gasteiger partial charge on any atom is -0.484 e. The Bertz CT molecular complexity index is 421. The normalized spacial score (nSPS) is 12.8. The molecule has 0 aliphatic rings. The zero-order chi connectivity index (χ0) is 15.2. The molecular weight excluding hydrogens is 252 g/mol. The van der Waals surface area contributed by atoms with Crippen molar-refractivity contribution in [3.05, 3.63) is 29.8 Å². The van der Waals surface area contributed by atoms with Gasteiger partial charge in [-0.15, -0.1) is 0 Å². The summed E-state index contributed by atoms with van der Waals surface area (Å²) in [5, 5.41) is 2.80. The Kier molecular flexibility index (Phi) is 6.02. The molecule has 3 N–H and O–H groups in total. The number of ether oxygens (including phenoxy) is 1. The van der Waals surface area contributed by atoms with E-state index in [2.05, 4.69) is 26.1 Å². The lowest BCUT2D eigenvalue weighted by Gasteiger charge is -2.19. The minimum atomic E-state index is -0.120. The molecule has 0 aliphatic heterocycles. The van der Waals surface area contributed by atoms with E-state index in [1.165, 1.54) is 5.56 Å². The Labute approximate surface area is 121 Å². The summed E-state index contributed by atoms with van der Waals surface area (Å²) in [7, 11) is 0. The van der Waals surface area contributed by atoms with Crippen LogP contribution in [-0.2, 0) is 10.2 Å². The Hall–Kier alpha value is -1.55. The van der Waals surface area contributed by atoms with Crippen molar-refractivity contribution in [3.63, 3.8) is 0 Å². The summed E-state index contributed by atoms with van der Waals surface area (Å²) in [6.45, 7) is 9.66. The minimum absolute atomic E-state index is 0.0339. The Morgan fingerprint density at radius 1 is 1.30 bits per heavy atom. The lowest BCUT2D eigenvalue weighted by atomic mass is 9.87. The van der Waals surface area contributed by atoms with Crippen LogP contribution in [0.1, 0.15) is 33.3 Å². The van der Waals surface area contributed by atoms with Gasteiger partial charge >= 0.3 is 0 Å². The van der Waals surface area contributed by atoms with E-state index in [1.807, 2.05) is 31.2 Å². The fourth-order valence-electron chi connectivity index (χ4n) is 1.62. The summed E-state index contributed by atoms with van der Waals surface area (Å²) in [6.07, 6.45) is 0. The number of nitrogens with one attached hydrogen (secondary N) is 1. The van der Waals surface area contributed by atoms with Crippen LogP contribution < -0.4 is 15.8 Å². The Morgan fingerprint density at radius 2 is 1.90 bits per heavy atom. The smallest absolute Gasteiger partial charge is 0.257 e. The highest BCUT2D eigenvalue weighted by Crippen LogP contribution is 2.24. The topological polar surface area (TPSA) is 64.3 Å². The van der Waals surface area contributed by atoms with Crippen LogP contribution in [0.4, 0.5) is 0 Å². The SMILES string of the molecule is CC(CN)CNC(=O)COc1ccc(C(C)(C)C)cc1. The molecule has 20 heavy (non-hydrogen) atoms. The molecule has 0 fully saturated rings. The third-order valence-electron chi connectivity index (χ3n) is 3.14. The van der Waals surface area contributed by atoms with Crippen LogP contribution in [0.5, 0.6) is 5.75 Å².